The van der Waals surface area contributed by atoms with Crippen molar-refractivity contribution in [2.75, 3.05) is 0 Å². The maximum absolute atomic E-state index is 13.6. The van der Waals surface area contributed by atoms with Gasteiger partial charge in [0.1, 0.15) is 5.82 Å². The summed E-state index contributed by atoms with van der Waals surface area (Å²) >= 11 is 7.30. The number of aromatic amines is 1. The van der Waals surface area contributed by atoms with Gasteiger partial charge in [0.15, 0.2) is 4.77 Å². The number of imidazole rings is 1. The summed E-state index contributed by atoms with van der Waals surface area (Å²) in [5.74, 6) is -0.190. The minimum Gasteiger partial charge on any atom is -0.331 e. The third kappa shape index (κ3) is 2.40. The van der Waals surface area contributed by atoms with E-state index in [1.807, 2.05) is 27.2 Å². The number of nitrogens with zero attached hydrogens (tertiary/aromatic N) is 1. The van der Waals surface area contributed by atoms with Gasteiger partial charge in [-0.15, -0.1) is 0 Å². The molecule has 0 saturated heterocycles. The molecular formula is C12H14FIN2S. The summed E-state index contributed by atoms with van der Waals surface area (Å²) in [5, 5.41) is 0. The van der Waals surface area contributed by atoms with Gasteiger partial charge in [0.25, 0.3) is 0 Å². The van der Waals surface area contributed by atoms with Gasteiger partial charge in [-0.25, -0.2) is 4.39 Å². The van der Waals surface area contributed by atoms with Crippen molar-refractivity contribution < 1.29 is 4.39 Å². The number of halogens is 2. The zero-order valence-electron chi connectivity index (χ0n) is 9.76. The smallest absolute Gasteiger partial charge is 0.178 e. The zero-order chi connectivity index (χ0) is 12.6. The second kappa shape index (κ2) is 5.06. The predicted molar refractivity (Wildman–Crippen MR) is 79.4 cm³/mol. The number of hydrogen-bond acceptors (Lipinski definition) is 1. The first kappa shape index (κ1) is 13.0. The van der Waals surface area contributed by atoms with Crippen LogP contribution in [0.25, 0.3) is 11.0 Å². The van der Waals surface area contributed by atoms with E-state index in [1.54, 1.807) is 12.1 Å². The number of rotatable bonds is 3. The molecule has 2 nitrogen and oxygen atoms in total. The molecule has 0 bridgehead atoms. The molecule has 0 aliphatic rings. The van der Waals surface area contributed by atoms with Gasteiger partial charge in [-0.1, -0.05) is 13.3 Å². The van der Waals surface area contributed by atoms with Gasteiger partial charge in [-0.05, 0) is 54.2 Å². The lowest BCUT2D eigenvalue weighted by Crippen LogP contribution is -2.04. The Morgan fingerprint density at radius 1 is 1.53 bits per heavy atom. The number of fused-ring (bicyclic) bond motifs is 1. The van der Waals surface area contributed by atoms with E-state index in [-0.39, 0.29) is 5.82 Å². The molecule has 92 valence electrons. The molecule has 1 atom stereocenters. The number of benzene rings is 1. The minimum absolute atomic E-state index is 0.190. The van der Waals surface area contributed by atoms with Gasteiger partial charge in [-0.2, -0.15) is 0 Å². The first-order valence-corrected chi connectivity index (χ1v) is 7.12. The Morgan fingerprint density at radius 3 is 2.88 bits per heavy atom. The van der Waals surface area contributed by atoms with Crippen LogP contribution in [0, 0.1) is 14.2 Å². The molecule has 0 radical (unpaired) electrons. The summed E-state index contributed by atoms with van der Waals surface area (Å²) in [4.78, 5) is 3.14. The summed E-state index contributed by atoms with van der Waals surface area (Å²) in [5.41, 5.74) is 1.76. The maximum Gasteiger partial charge on any atom is 0.178 e. The molecule has 0 spiro atoms. The Hall–Kier alpha value is -0.430. The predicted octanol–water partition coefficient (Wildman–Crippen LogP) is 4.80. The van der Waals surface area contributed by atoms with Crippen LogP contribution >= 0.6 is 34.8 Å². The highest BCUT2D eigenvalue weighted by Crippen LogP contribution is 2.25. The van der Waals surface area contributed by atoms with Crippen molar-refractivity contribution in [3.05, 3.63) is 26.3 Å². The van der Waals surface area contributed by atoms with Gasteiger partial charge in [-0.3, -0.25) is 0 Å². The van der Waals surface area contributed by atoms with Crippen molar-refractivity contribution in [1.29, 1.82) is 0 Å². The van der Waals surface area contributed by atoms with Crippen LogP contribution in [-0.2, 0) is 0 Å². The number of nitrogens with one attached hydrogen (secondary N) is 1. The Kier molecular flexibility index (Phi) is 3.87. The average molecular weight is 364 g/mol. The topological polar surface area (TPSA) is 20.7 Å². The summed E-state index contributed by atoms with van der Waals surface area (Å²) < 4.78 is 16.9. The van der Waals surface area contributed by atoms with Crippen LogP contribution < -0.4 is 0 Å². The Bertz CT molecular complexity index is 602. The average Bonchev–Trinajstić information content (AvgIpc) is 2.55. The van der Waals surface area contributed by atoms with Crippen molar-refractivity contribution in [2.45, 2.75) is 32.7 Å². The molecular weight excluding hydrogens is 350 g/mol. The molecule has 5 heteroatoms. The third-order valence-electron chi connectivity index (χ3n) is 2.91. The van der Waals surface area contributed by atoms with Crippen LogP contribution in [-0.4, -0.2) is 9.55 Å². The molecule has 1 heterocycles. The van der Waals surface area contributed by atoms with Gasteiger partial charge in [0, 0.05) is 12.1 Å². The monoisotopic (exact) mass is 364 g/mol. The van der Waals surface area contributed by atoms with E-state index in [2.05, 4.69) is 18.8 Å². The van der Waals surface area contributed by atoms with Crippen LogP contribution in [0.1, 0.15) is 32.7 Å². The summed E-state index contributed by atoms with van der Waals surface area (Å²) in [6.45, 7) is 4.25. The van der Waals surface area contributed by atoms with Crippen LogP contribution in [0.15, 0.2) is 12.1 Å². The Morgan fingerprint density at radius 2 is 2.24 bits per heavy atom. The van der Waals surface area contributed by atoms with Crippen LogP contribution in [0.3, 0.4) is 0 Å². The standard InChI is InChI=1S/C12H14FIN2S/c1-3-4-7(2)16-11-5-8(13)9(14)6-10(11)15-12(16)17/h5-7H,3-4H2,1-2H3,(H,15,17). The van der Waals surface area contributed by atoms with Crippen molar-refractivity contribution >= 4 is 45.8 Å². The van der Waals surface area contributed by atoms with Crippen LogP contribution in [0.2, 0.25) is 0 Å². The first-order valence-electron chi connectivity index (χ1n) is 5.63. The lowest BCUT2D eigenvalue weighted by Gasteiger charge is -2.13. The molecule has 1 unspecified atom stereocenters. The number of hydrogen-bond donors (Lipinski definition) is 1. The van der Waals surface area contributed by atoms with Gasteiger partial charge in [0.2, 0.25) is 0 Å². The molecule has 0 saturated carbocycles. The minimum atomic E-state index is -0.190. The molecule has 17 heavy (non-hydrogen) atoms. The van der Waals surface area contributed by atoms with E-state index in [4.69, 9.17) is 12.2 Å². The lowest BCUT2D eigenvalue weighted by atomic mass is 10.2. The molecule has 2 rings (SSSR count). The molecule has 0 aliphatic carbocycles. The highest BCUT2D eigenvalue weighted by Gasteiger charge is 2.12. The zero-order valence-corrected chi connectivity index (χ0v) is 12.7. The molecule has 2 aromatic rings. The lowest BCUT2D eigenvalue weighted by molar-refractivity contribution is 0.506. The summed E-state index contributed by atoms with van der Waals surface area (Å²) in [7, 11) is 0. The molecule has 0 fully saturated rings. The molecule has 1 N–H and O–H groups in total. The van der Waals surface area contributed by atoms with Crippen LogP contribution in [0.5, 0.6) is 0 Å². The second-order valence-corrected chi connectivity index (χ2v) is 5.77. The van der Waals surface area contributed by atoms with E-state index < -0.39 is 0 Å². The van der Waals surface area contributed by atoms with E-state index in [9.17, 15) is 4.39 Å². The number of H-pyrrole nitrogens is 1. The van der Waals surface area contributed by atoms with E-state index in [1.165, 1.54) is 0 Å². The molecule has 0 aliphatic heterocycles. The second-order valence-electron chi connectivity index (χ2n) is 4.22. The summed E-state index contributed by atoms with van der Waals surface area (Å²) in [6, 6.07) is 3.66. The van der Waals surface area contributed by atoms with Crippen molar-refractivity contribution in [3.8, 4) is 0 Å². The maximum atomic E-state index is 13.6. The van der Waals surface area contributed by atoms with Crippen LogP contribution in [0.4, 0.5) is 4.39 Å². The quantitative estimate of drug-likeness (QED) is 0.613. The first-order chi connectivity index (χ1) is 8.04. The fourth-order valence-corrected chi connectivity index (χ4v) is 2.96. The fourth-order valence-electron chi connectivity index (χ4n) is 2.11. The highest BCUT2D eigenvalue weighted by atomic mass is 127. The highest BCUT2D eigenvalue weighted by molar-refractivity contribution is 14.1. The van der Waals surface area contributed by atoms with Gasteiger partial charge in [0.05, 0.1) is 14.6 Å². The van der Waals surface area contributed by atoms with Crippen molar-refractivity contribution in [2.24, 2.45) is 0 Å². The third-order valence-corrected chi connectivity index (χ3v) is 4.03. The normalized spacial score (nSPS) is 13.2. The molecule has 1 aromatic heterocycles. The van der Waals surface area contributed by atoms with E-state index in [0.717, 1.165) is 23.9 Å². The largest absolute Gasteiger partial charge is 0.331 e. The molecule has 0 amide bonds. The van der Waals surface area contributed by atoms with E-state index in [0.29, 0.717) is 14.4 Å². The number of aromatic nitrogens is 2. The van der Waals surface area contributed by atoms with Crippen molar-refractivity contribution in [3.63, 3.8) is 0 Å². The van der Waals surface area contributed by atoms with E-state index >= 15 is 0 Å². The Balaban J connectivity index is 2.66. The molecule has 1 aromatic carbocycles. The summed E-state index contributed by atoms with van der Waals surface area (Å²) in [6.07, 6.45) is 2.12. The fraction of sp³-hybridized carbons (Fsp3) is 0.417. The van der Waals surface area contributed by atoms with Crippen molar-refractivity contribution in [1.82, 2.24) is 9.55 Å². The van der Waals surface area contributed by atoms with Gasteiger partial charge >= 0.3 is 0 Å². The Labute approximate surface area is 118 Å². The SMILES string of the molecule is CCCC(C)n1c(=S)[nH]c2cc(I)c(F)cc21. The van der Waals surface area contributed by atoms with Gasteiger partial charge < -0.3 is 9.55 Å².